The van der Waals surface area contributed by atoms with E-state index in [9.17, 15) is 9.59 Å². The molecule has 1 aliphatic carbocycles. The Balaban J connectivity index is 1.53. The smallest absolute Gasteiger partial charge is 0.407 e. The van der Waals surface area contributed by atoms with Crippen molar-refractivity contribution in [2.24, 2.45) is 0 Å². The number of nitrogens with zero attached hydrogens (tertiary/aromatic N) is 2. The first-order valence-corrected chi connectivity index (χ1v) is 8.99. The van der Waals surface area contributed by atoms with Gasteiger partial charge in [0.15, 0.2) is 5.82 Å². The predicted molar refractivity (Wildman–Crippen MR) is 101 cm³/mol. The van der Waals surface area contributed by atoms with Crippen molar-refractivity contribution in [3.8, 4) is 0 Å². The second-order valence-corrected chi connectivity index (χ2v) is 6.86. The fourth-order valence-corrected chi connectivity index (χ4v) is 3.11. The molecule has 27 heavy (non-hydrogen) atoms. The Morgan fingerprint density at radius 3 is 2.89 bits per heavy atom. The van der Waals surface area contributed by atoms with Crippen molar-refractivity contribution in [1.82, 2.24) is 20.5 Å². The zero-order valence-electron chi connectivity index (χ0n) is 15.4. The van der Waals surface area contributed by atoms with E-state index >= 15 is 0 Å². The molecule has 0 unspecified atom stereocenters. The minimum atomic E-state index is -0.360. The third-order valence-corrected chi connectivity index (χ3v) is 4.35. The molecule has 3 rings (SSSR count). The molecule has 0 aromatic carbocycles. The van der Waals surface area contributed by atoms with Crippen molar-refractivity contribution in [1.29, 1.82) is 0 Å². The summed E-state index contributed by atoms with van der Waals surface area (Å²) in [4.78, 5) is 26.4. The van der Waals surface area contributed by atoms with Crippen LogP contribution in [0.3, 0.4) is 0 Å². The summed E-state index contributed by atoms with van der Waals surface area (Å²) in [5.41, 5.74) is 1.63. The minimum absolute atomic E-state index is 0.0628. The summed E-state index contributed by atoms with van der Waals surface area (Å²) in [6, 6.07) is 5.51. The zero-order chi connectivity index (χ0) is 19.2. The maximum Gasteiger partial charge on any atom is 0.407 e. The summed E-state index contributed by atoms with van der Waals surface area (Å²) in [5.74, 6) is 1.56. The molecule has 9 nitrogen and oxygen atoms in total. The van der Waals surface area contributed by atoms with Gasteiger partial charge in [-0.25, -0.2) is 9.78 Å². The molecular weight excluding hydrogens is 348 g/mol. The highest BCUT2D eigenvalue weighted by atomic mass is 16.6. The Labute approximate surface area is 157 Å². The van der Waals surface area contributed by atoms with Gasteiger partial charge in [0, 0.05) is 23.7 Å². The van der Waals surface area contributed by atoms with Gasteiger partial charge in [-0.05, 0) is 45.2 Å². The van der Waals surface area contributed by atoms with E-state index in [1.807, 2.05) is 19.9 Å². The Morgan fingerprint density at radius 1 is 1.33 bits per heavy atom. The molecule has 0 spiro atoms. The number of aromatic nitrogens is 3. The first kappa shape index (κ1) is 18.7. The normalized spacial score (nSPS) is 18.9. The standard InChI is InChI=1S/C18H24N6O3/c1-11(2)21-18(26)27-14-5-3-12(7-14)15-8-17(24-23-15)22-16-6-4-13(9-19-16)20-10-25/h4,6,8-12,14H,3,5,7H2,1-2H3,(H,20,25)(H,21,26)(H2,19,22,23,24)/t12-,14+/m0/s1. The van der Waals surface area contributed by atoms with E-state index in [1.54, 1.807) is 18.3 Å². The van der Waals surface area contributed by atoms with Crippen molar-refractivity contribution in [3.05, 3.63) is 30.1 Å². The highest BCUT2D eigenvalue weighted by Crippen LogP contribution is 2.36. The van der Waals surface area contributed by atoms with E-state index in [-0.39, 0.29) is 24.2 Å². The fraction of sp³-hybridized carbons (Fsp3) is 0.444. The van der Waals surface area contributed by atoms with Gasteiger partial charge >= 0.3 is 6.09 Å². The number of pyridine rings is 1. The summed E-state index contributed by atoms with van der Waals surface area (Å²) < 4.78 is 5.47. The van der Waals surface area contributed by atoms with Crippen LogP contribution in [-0.2, 0) is 9.53 Å². The molecule has 2 aromatic heterocycles. The first-order chi connectivity index (χ1) is 13.0. The molecular formula is C18H24N6O3. The predicted octanol–water partition coefficient (Wildman–Crippen LogP) is 2.89. The maximum absolute atomic E-state index is 11.7. The van der Waals surface area contributed by atoms with Crippen LogP contribution in [0.15, 0.2) is 24.4 Å². The van der Waals surface area contributed by atoms with Gasteiger partial charge in [0.1, 0.15) is 11.9 Å². The molecule has 2 aromatic rings. The van der Waals surface area contributed by atoms with Gasteiger partial charge < -0.3 is 20.7 Å². The van der Waals surface area contributed by atoms with Gasteiger partial charge in [-0.1, -0.05) is 0 Å². The molecule has 2 atom stereocenters. The van der Waals surface area contributed by atoms with Gasteiger partial charge in [0.25, 0.3) is 0 Å². The Kier molecular flexibility index (Phi) is 5.90. The summed E-state index contributed by atoms with van der Waals surface area (Å²) in [7, 11) is 0. The Morgan fingerprint density at radius 2 is 2.19 bits per heavy atom. The van der Waals surface area contributed by atoms with Crippen molar-refractivity contribution >= 4 is 29.8 Å². The number of amides is 2. The van der Waals surface area contributed by atoms with E-state index in [1.165, 1.54) is 0 Å². The van der Waals surface area contributed by atoms with Crippen LogP contribution in [0.1, 0.15) is 44.7 Å². The van der Waals surface area contributed by atoms with Gasteiger partial charge in [0.2, 0.25) is 6.41 Å². The number of ether oxygens (including phenoxy) is 1. The molecule has 2 heterocycles. The van der Waals surface area contributed by atoms with Crippen LogP contribution < -0.4 is 16.0 Å². The Hall–Kier alpha value is -3.10. The summed E-state index contributed by atoms with van der Waals surface area (Å²) in [5, 5.41) is 15.7. The van der Waals surface area contributed by atoms with Gasteiger partial charge in [0.05, 0.1) is 11.9 Å². The lowest BCUT2D eigenvalue weighted by molar-refractivity contribution is -0.105. The maximum atomic E-state index is 11.7. The van der Waals surface area contributed by atoms with Gasteiger partial charge in [-0.15, -0.1) is 0 Å². The van der Waals surface area contributed by atoms with Crippen LogP contribution in [0.25, 0.3) is 0 Å². The van der Waals surface area contributed by atoms with Crippen LogP contribution in [0.5, 0.6) is 0 Å². The number of hydrogen-bond acceptors (Lipinski definition) is 6. The van der Waals surface area contributed by atoms with Crippen LogP contribution in [0.4, 0.5) is 22.1 Å². The number of anilines is 3. The number of carbonyl (C=O) groups is 2. The van der Waals surface area contributed by atoms with Crippen LogP contribution in [-0.4, -0.2) is 39.8 Å². The fourth-order valence-electron chi connectivity index (χ4n) is 3.11. The molecule has 0 bridgehead atoms. The topological polar surface area (TPSA) is 121 Å². The minimum Gasteiger partial charge on any atom is -0.446 e. The number of hydrogen-bond donors (Lipinski definition) is 4. The van der Waals surface area contributed by atoms with Crippen molar-refractivity contribution in [2.75, 3.05) is 10.6 Å². The van der Waals surface area contributed by atoms with Gasteiger partial charge in [-0.3, -0.25) is 9.89 Å². The molecule has 1 fully saturated rings. The Bertz CT molecular complexity index is 774. The molecule has 4 N–H and O–H groups in total. The van der Waals surface area contributed by atoms with Crippen LogP contribution in [0, 0.1) is 0 Å². The molecule has 144 valence electrons. The molecule has 0 aliphatic heterocycles. The van der Waals surface area contributed by atoms with E-state index in [0.29, 0.717) is 23.7 Å². The summed E-state index contributed by atoms with van der Waals surface area (Å²) >= 11 is 0. The lowest BCUT2D eigenvalue weighted by atomic mass is 10.0. The largest absolute Gasteiger partial charge is 0.446 e. The van der Waals surface area contributed by atoms with E-state index in [4.69, 9.17) is 4.74 Å². The lowest BCUT2D eigenvalue weighted by Gasteiger charge is -2.14. The van der Waals surface area contributed by atoms with Gasteiger partial charge in [-0.2, -0.15) is 5.10 Å². The number of alkyl carbamates (subject to hydrolysis) is 1. The van der Waals surface area contributed by atoms with E-state index in [0.717, 1.165) is 25.0 Å². The number of aromatic amines is 1. The van der Waals surface area contributed by atoms with Crippen molar-refractivity contribution in [3.63, 3.8) is 0 Å². The molecule has 1 saturated carbocycles. The highest BCUT2D eigenvalue weighted by Gasteiger charge is 2.30. The number of H-pyrrole nitrogens is 1. The third kappa shape index (κ3) is 5.19. The summed E-state index contributed by atoms with van der Waals surface area (Å²) in [6.07, 6.45) is 4.28. The van der Waals surface area contributed by atoms with Crippen LogP contribution >= 0.6 is 0 Å². The average molecular weight is 372 g/mol. The number of carbonyl (C=O) groups excluding carboxylic acids is 2. The quantitative estimate of drug-likeness (QED) is 0.555. The molecule has 0 saturated heterocycles. The first-order valence-electron chi connectivity index (χ1n) is 8.99. The zero-order valence-corrected chi connectivity index (χ0v) is 15.4. The lowest BCUT2D eigenvalue weighted by Crippen LogP contribution is -2.33. The number of rotatable bonds is 7. The summed E-state index contributed by atoms with van der Waals surface area (Å²) in [6.45, 7) is 3.80. The third-order valence-electron chi connectivity index (χ3n) is 4.35. The van der Waals surface area contributed by atoms with Crippen molar-refractivity contribution in [2.45, 2.75) is 51.2 Å². The van der Waals surface area contributed by atoms with Crippen molar-refractivity contribution < 1.29 is 14.3 Å². The molecule has 0 radical (unpaired) electrons. The molecule has 2 amide bonds. The van der Waals surface area contributed by atoms with Crippen LogP contribution in [0.2, 0.25) is 0 Å². The highest BCUT2D eigenvalue weighted by molar-refractivity contribution is 5.71. The number of nitrogens with one attached hydrogen (secondary N) is 4. The molecule has 1 aliphatic rings. The SMILES string of the molecule is CC(C)NC(=O)O[C@@H]1CC[C@H](c2cc(Nc3ccc(NC=O)cn3)n[nH]2)C1. The molecule has 9 heteroatoms. The average Bonchev–Trinajstić information content (AvgIpc) is 3.25. The monoisotopic (exact) mass is 372 g/mol. The van der Waals surface area contributed by atoms with E-state index < -0.39 is 0 Å². The second-order valence-electron chi connectivity index (χ2n) is 6.86. The van der Waals surface area contributed by atoms with E-state index in [2.05, 4.69) is 31.1 Å². The second kappa shape index (κ2) is 8.52.